The monoisotopic (exact) mass is 320 g/mol. The van der Waals surface area contributed by atoms with Crippen LogP contribution in [0.15, 0.2) is 17.2 Å². The summed E-state index contributed by atoms with van der Waals surface area (Å²) in [5.74, 6) is 0. The maximum Gasteiger partial charge on any atom is 0.262 e. The lowest BCUT2D eigenvalue weighted by Crippen LogP contribution is -2.20. The number of hydrogen-bond donors (Lipinski definition) is 0. The Hall–Kier alpha value is -1.20. The highest BCUT2D eigenvalue weighted by Crippen LogP contribution is 2.22. The zero-order chi connectivity index (χ0) is 15.4. The van der Waals surface area contributed by atoms with Crippen molar-refractivity contribution < 1.29 is 4.74 Å². The largest absolute Gasteiger partial charge is 0.378 e. The number of fused-ring (bicyclic) bond motifs is 1. The van der Waals surface area contributed by atoms with E-state index in [1.807, 2.05) is 6.07 Å². The lowest BCUT2D eigenvalue weighted by Gasteiger charge is -2.09. The highest BCUT2D eigenvalue weighted by atomic mass is 32.1. The minimum Gasteiger partial charge on any atom is -0.378 e. The number of aromatic nitrogens is 2. The van der Waals surface area contributed by atoms with E-state index in [1.165, 1.54) is 17.7 Å². The molecule has 22 heavy (non-hydrogen) atoms. The molecule has 0 bridgehead atoms. The first kappa shape index (κ1) is 15.7. The van der Waals surface area contributed by atoms with E-state index in [4.69, 9.17) is 4.74 Å². The molecule has 0 aliphatic carbocycles. The van der Waals surface area contributed by atoms with Crippen molar-refractivity contribution in [2.75, 3.05) is 6.61 Å². The van der Waals surface area contributed by atoms with Crippen LogP contribution in [0.1, 0.15) is 50.3 Å². The summed E-state index contributed by atoms with van der Waals surface area (Å²) in [5, 5.41) is 0.787. The normalized spacial score (nSPS) is 18.3. The summed E-state index contributed by atoms with van der Waals surface area (Å²) in [7, 11) is 0. The predicted molar refractivity (Wildman–Crippen MR) is 90.7 cm³/mol. The molecule has 1 aliphatic heterocycles. The van der Waals surface area contributed by atoms with Crippen LogP contribution in [0.25, 0.3) is 10.2 Å². The van der Waals surface area contributed by atoms with E-state index in [9.17, 15) is 4.79 Å². The number of aryl methyl sites for hydroxylation is 2. The van der Waals surface area contributed by atoms with Crippen molar-refractivity contribution in [2.24, 2.45) is 0 Å². The summed E-state index contributed by atoms with van der Waals surface area (Å²) >= 11 is 1.65. The van der Waals surface area contributed by atoms with E-state index in [-0.39, 0.29) is 5.56 Å². The number of ether oxygens (including phenoxy) is 1. The maximum absolute atomic E-state index is 12.5. The van der Waals surface area contributed by atoms with Gasteiger partial charge in [0.2, 0.25) is 0 Å². The molecular formula is C17H24N2O2S. The average Bonchev–Trinajstić information content (AvgIpc) is 3.15. The molecule has 0 radical (unpaired) electrons. The molecule has 0 N–H and O–H groups in total. The number of unbranched alkanes of at least 4 members (excludes halogenated alkanes) is 1. The summed E-state index contributed by atoms with van der Waals surface area (Å²) in [6.07, 6.45) is 9.92. The number of rotatable bonds is 7. The van der Waals surface area contributed by atoms with E-state index >= 15 is 0 Å². The van der Waals surface area contributed by atoms with Gasteiger partial charge in [0.15, 0.2) is 0 Å². The smallest absolute Gasteiger partial charge is 0.262 e. The second-order valence-corrected chi connectivity index (χ2v) is 7.17. The topological polar surface area (TPSA) is 44.1 Å². The molecule has 3 heterocycles. The fourth-order valence-electron chi connectivity index (χ4n) is 3.06. The Morgan fingerprint density at radius 3 is 3.14 bits per heavy atom. The first-order chi connectivity index (χ1) is 10.8. The van der Waals surface area contributed by atoms with Gasteiger partial charge < -0.3 is 4.74 Å². The van der Waals surface area contributed by atoms with E-state index in [0.29, 0.717) is 6.10 Å². The Kier molecular flexibility index (Phi) is 5.26. The number of thiophene rings is 1. The molecule has 2 aromatic heterocycles. The summed E-state index contributed by atoms with van der Waals surface area (Å²) in [5.41, 5.74) is 0.112. The Morgan fingerprint density at radius 2 is 2.36 bits per heavy atom. The minimum absolute atomic E-state index is 0.112. The van der Waals surface area contributed by atoms with Gasteiger partial charge in [-0.1, -0.05) is 13.3 Å². The molecule has 5 heteroatoms. The van der Waals surface area contributed by atoms with Gasteiger partial charge in [0.1, 0.15) is 4.83 Å². The second-order valence-electron chi connectivity index (χ2n) is 6.06. The standard InChI is InChI=1S/C17H24N2O2S/c1-2-6-14-11-15-16(22-14)18-12-19(17(15)20)9-4-3-7-13-8-5-10-21-13/h11-13H,2-10H2,1H3/t13-/m0/s1. The third kappa shape index (κ3) is 3.58. The van der Waals surface area contributed by atoms with E-state index in [1.54, 1.807) is 22.2 Å². The maximum atomic E-state index is 12.5. The highest BCUT2D eigenvalue weighted by Gasteiger charge is 2.14. The zero-order valence-electron chi connectivity index (χ0n) is 13.2. The van der Waals surface area contributed by atoms with Crippen LogP contribution in [0.5, 0.6) is 0 Å². The van der Waals surface area contributed by atoms with Crippen LogP contribution < -0.4 is 5.56 Å². The quantitative estimate of drug-likeness (QED) is 0.730. The summed E-state index contributed by atoms with van der Waals surface area (Å²) in [6.45, 7) is 3.83. The van der Waals surface area contributed by atoms with Gasteiger partial charge in [-0.25, -0.2) is 4.98 Å². The van der Waals surface area contributed by atoms with Crippen molar-refractivity contribution in [2.45, 2.75) is 64.5 Å². The van der Waals surface area contributed by atoms with Crippen LogP contribution >= 0.6 is 11.3 Å². The fraction of sp³-hybridized carbons (Fsp3) is 0.647. The number of hydrogen-bond acceptors (Lipinski definition) is 4. The molecule has 0 saturated carbocycles. The van der Waals surface area contributed by atoms with Crippen LogP contribution in [0.2, 0.25) is 0 Å². The van der Waals surface area contributed by atoms with Crippen LogP contribution in [0, 0.1) is 0 Å². The number of nitrogens with zero attached hydrogens (tertiary/aromatic N) is 2. The molecule has 2 aromatic rings. The van der Waals surface area contributed by atoms with Crippen molar-refractivity contribution in [3.8, 4) is 0 Å². The van der Waals surface area contributed by atoms with Crippen LogP contribution in [0.3, 0.4) is 0 Å². The van der Waals surface area contributed by atoms with Crippen molar-refractivity contribution in [3.63, 3.8) is 0 Å². The van der Waals surface area contributed by atoms with Crippen molar-refractivity contribution in [1.82, 2.24) is 9.55 Å². The fourth-order valence-corrected chi connectivity index (χ4v) is 4.15. The lowest BCUT2D eigenvalue weighted by molar-refractivity contribution is 0.102. The van der Waals surface area contributed by atoms with Gasteiger partial charge in [0.05, 0.1) is 17.8 Å². The summed E-state index contributed by atoms with van der Waals surface area (Å²) < 4.78 is 7.40. The van der Waals surface area contributed by atoms with Gasteiger partial charge >= 0.3 is 0 Å². The third-order valence-electron chi connectivity index (χ3n) is 4.26. The molecule has 4 nitrogen and oxygen atoms in total. The molecule has 1 saturated heterocycles. The lowest BCUT2D eigenvalue weighted by atomic mass is 10.1. The van der Waals surface area contributed by atoms with Gasteiger partial charge in [-0.15, -0.1) is 11.3 Å². The van der Waals surface area contributed by atoms with E-state index < -0.39 is 0 Å². The first-order valence-electron chi connectivity index (χ1n) is 8.37. The zero-order valence-corrected chi connectivity index (χ0v) is 14.0. The van der Waals surface area contributed by atoms with Gasteiger partial charge in [-0.3, -0.25) is 9.36 Å². The molecule has 3 rings (SSSR count). The van der Waals surface area contributed by atoms with Gasteiger partial charge in [0, 0.05) is 18.0 Å². The molecule has 0 amide bonds. The third-order valence-corrected chi connectivity index (χ3v) is 5.37. The summed E-state index contributed by atoms with van der Waals surface area (Å²) in [6, 6.07) is 2.03. The first-order valence-corrected chi connectivity index (χ1v) is 9.19. The Balaban J connectivity index is 1.60. The highest BCUT2D eigenvalue weighted by molar-refractivity contribution is 7.18. The minimum atomic E-state index is 0.112. The Bertz CT molecular complexity index is 671. The van der Waals surface area contributed by atoms with Gasteiger partial charge in [-0.05, 0) is 44.6 Å². The average molecular weight is 320 g/mol. The van der Waals surface area contributed by atoms with Gasteiger partial charge in [0.25, 0.3) is 5.56 Å². The summed E-state index contributed by atoms with van der Waals surface area (Å²) in [4.78, 5) is 19.1. The predicted octanol–water partition coefficient (Wildman–Crippen LogP) is 3.76. The molecular weight excluding hydrogens is 296 g/mol. The Labute approximate surface area is 135 Å². The van der Waals surface area contributed by atoms with Crippen LogP contribution in [-0.2, 0) is 17.7 Å². The van der Waals surface area contributed by atoms with Crippen LogP contribution in [-0.4, -0.2) is 22.3 Å². The second kappa shape index (κ2) is 7.38. The van der Waals surface area contributed by atoms with Crippen molar-refractivity contribution in [1.29, 1.82) is 0 Å². The molecule has 120 valence electrons. The van der Waals surface area contributed by atoms with Gasteiger partial charge in [-0.2, -0.15) is 0 Å². The molecule has 0 spiro atoms. The molecule has 1 atom stereocenters. The molecule has 1 fully saturated rings. The molecule has 1 aliphatic rings. The van der Waals surface area contributed by atoms with Crippen molar-refractivity contribution in [3.05, 3.63) is 27.6 Å². The van der Waals surface area contributed by atoms with E-state index in [2.05, 4.69) is 11.9 Å². The molecule has 0 aromatic carbocycles. The molecule has 0 unspecified atom stereocenters. The Morgan fingerprint density at radius 1 is 1.45 bits per heavy atom. The van der Waals surface area contributed by atoms with E-state index in [0.717, 1.165) is 55.5 Å². The van der Waals surface area contributed by atoms with Crippen molar-refractivity contribution >= 4 is 21.6 Å². The van der Waals surface area contributed by atoms with Crippen LogP contribution in [0.4, 0.5) is 0 Å². The SMILES string of the molecule is CCCc1cc2c(=O)n(CCCC[C@H]3CCCO3)cnc2s1.